The summed E-state index contributed by atoms with van der Waals surface area (Å²) in [5, 5.41) is 10.7. The van der Waals surface area contributed by atoms with Crippen LogP contribution < -0.4 is 14.9 Å². The number of carbonyl (C=O) groups excluding carboxylic acids is 1. The smallest absolute Gasteiger partial charge is 0.338 e. The Morgan fingerprint density at radius 2 is 1.88 bits per heavy atom. The standard InChI is InChI=1S/C31H30N4O3S3/c1-8-38-30(37)26-18(4)33-31-35(27(26)21-9-11-23(39-7)12-10-21)28(36)25(41-31)14-22-13-16(2)34(19(22)5)29-24(15-32)17(3)20(6)40-29/h9-14,27H,8H2,1-7H3/b25-14+/t27-/m0/s1. The molecule has 0 N–H and O–H groups in total. The molecule has 1 atom stereocenters. The molecule has 0 saturated heterocycles. The van der Waals surface area contributed by atoms with E-state index in [1.807, 2.05) is 70.4 Å². The Morgan fingerprint density at radius 1 is 1.17 bits per heavy atom. The topological polar surface area (TPSA) is 89.4 Å². The Morgan fingerprint density at radius 3 is 2.51 bits per heavy atom. The molecule has 0 bridgehead atoms. The largest absolute Gasteiger partial charge is 0.463 e. The lowest BCUT2D eigenvalue weighted by Crippen LogP contribution is -2.39. The Balaban J connectivity index is 1.70. The van der Waals surface area contributed by atoms with Crippen molar-refractivity contribution in [3.05, 3.63) is 99.8 Å². The first-order valence-corrected chi connectivity index (χ1v) is 16.0. The summed E-state index contributed by atoms with van der Waals surface area (Å²) in [7, 11) is 0. The average molecular weight is 603 g/mol. The van der Waals surface area contributed by atoms with E-state index >= 15 is 0 Å². The number of allylic oxidation sites excluding steroid dienone is 1. The van der Waals surface area contributed by atoms with Gasteiger partial charge in [-0.05, 0) is 88.8 Å². The molecule has 4 aromatic rings. The molecular weight excluding hydrogens is 573 g/mol. The Bertz CT molecular complexity index is 1950. The Labute approximate surface area is 250 Å². The second-order valence-electron chi connectivity index (χ2n) is 9.81. The normalized spacial score (nSPS) is 15.1. The van der Waals surface area contributed by atoms with Gasteiger partial charge < -0.3 is 9.30 Å². The van der Waals surface area contributed by atoms with E-state index < -0.39 is 12.0 Å². The van der Waals surface area contributed by atoms with Crippen molar-refractivity contribution in [3.8, 4) is 11.1 Å². The molecule has 1 aliphatic heterocycles. The van der Waals surface area contributed by atoms with Gasteiger partial charge in [0.25, 0.3) is 5.56 Å². The number of thioether (sulfide) groups is 1. The molecule has 1 aromatic carbocycles. The first-order chi connectivity index (χ1) is 19.6. The van der Waals surface area contributed by atoms with E-state index in [0.29, 0.717) is 26.2 Å². The number of thiophene rings is 1. The molecule has 210 valence electrons. The minimum Gasteiger partial charge on any atom is -0.463 e. The van der Waals surface area contributed by atoms with Crippen LogP contribution in [0, 0.1) is 39.0 Å². The van der Waals surface area contributed by atoms with Crippen LogP contribution in [0.2, 0.25) is 0 Å². The number of rotatable bonds is 6. The highest BCUT2D eigenvalue weighted by Crippen LogP contribution is 2.34. The van der Waals surface area contributed by atoms with Crippen molar-refractivity contribution in [3.63, 3.8) is 0 Å². The third kappa shape index (κ3) is 4.92. The van der Waals surface area contributed by atoms with Crippen LogP contribution in [0.25, 0.3) is 11.1 Å². The second kappa shape index (κ2) is 11.3. The predicted octanol–water partition coefficient (Wildman–Crippen LogP) is 5.48. The lowest BCUT2D eigenvalue weighted by molar-refractivity contribution is -0.139. The van der Waals surface area contributed by atoms with Gasteiger partial charge in [0.15, 0.2) is 4.80 Å². The van der Waals surface area contributed by atoms with Gasteiger partial charge in [-0.3, -0.25) is 9.36 Å². The van der Waals surface area contributed by atoms with Crippen molar-refractivity contribution in [2.75, 3.05) is 12.9 Å². The zero-order chi connectivity index (χ0) is 29.6. The zero-order valence-electron chi connectivity index (χ0n) is 24.0. The maximum atomic E-state index is 14.0. The van der Waals surface area contributed by atoms with E-state index in [0.717, 1.165) is 42.9 Å². The van der Waals surface area contributed by atoms with E-state index in [9.17, 15) is 14.9 Å². The van der Waals surface area contributed by atoms with Crippen molar-refractivity contribution >= 4 is 46.5 Å². The summed E-state index contributed by atoms with van der Waals surface area (Å²) in [5.74, 6) is -0.472. The summed E-state index contributed by atoms with van der Waals surface area (Å²) in [6, 6.07) is 11.6. The fourth-order valence-corrected chi connectivity index (χ4v) is 7.84. The number of nitrogens with zero attached hydrogens (tertiary/aromatic N) is 4. The van der Waals surface area contributed by atoms with Gasteiger partial charge in [-0.15, -0.1) is 23.1 Å². The second-order valence-corrected chi connectivity index (χ2v) is 12.9. The molecule has 5 rings (SSSR count). The lowest BCUT2D eigenvalue weighted by atomic mass is 9.96. The van der Waals surface area contributed by atoms with Crippen molar-refractivity contribution in [2.45, 2.75) is 52.5 Å². The van der Waals surface area contributed by atoms with Crippen molar-refractivity contribution in [2.24, 2.45) is 4.99 Å². The van der Waals surface area contributed by atoms with E-state index in [1.165, 1.54) is 11.3 Å². The van der Waals surface area contributed by atoms with Gasteiger partial charge >= 0.3 is 5.97 Å². The first kappa shape index (κ1) is 28.9. The summed E-state index contributed by atoms with van der Waals surface area (Å²) in [6.45, 7) is 11.8. The molecule has 3 aromatic heterocycles. The maximum absolute atomic E-state index is 14.0. The van der Waals surface area contributed by atoms with E-state index in [4.69, 9.17) is 4.74 Å². The Kier molecular flexibility index (Phi) is 7.97. The fourth-order valence-electron chi connectivity index (χ4n) is 5.18. The molecule has 7 nitrogen and oxygen atoms in total. The number of carbonyl (C=O) groups is 1. The van der Waals surface area contributed by atoms with Crippen LogP contribution >= 0.6 is 34.4 Å². The van der Waals surface area contributed by atoms with Crippen LogP contribution in [-0.4, -0.2) is 28.0 Å². The molecule has 0 saturated carbocycles. The summed E-state index contributed by atoms with van der Waals surface area (Å²) in [4.78, 5) is 34.6. The quantitative estimate of drug-likeness (QED) is 0.216. The molecule has 41 heavy (non-hydrogen) atoms. The molecule has 0 aliphatic carbocycles. The van der Waals surface area contributed by atoms with Crippen molar-refractivity contribution in [1.29, 1.82) is 5.26 Å². The van der Waals surface area contributed by atoms with E-state index in [-0.39, 0.29) is 12.2 Å². The minimum absolute atomic E-state index is 0.215. The summed E-state index contributed by atoms with van der Waals surface area (Å²) >= 11 is 4.53. The van der Waals surface area contributed by atoms with Crippen LogP contribution in [0.5, 0.6) is 0 Å². The minimum atomic E-state index is -0.647. The molecule has 0 spiro atoms. The van der Waals surface area contributed by atoms with Gasteiger partial charge in [-0.2, -0.15) is 5.26 Å². The van der Waals surface area contributed by atoms with Crippen LogP contribution in [0.15, 0.2) is 56.3 Å². The number of aromatic nitrogens is 2. The highest BCUT2D eigenvalue weighted by Gasteiger charge is 2.33. The summed E-state index contributed by atoms with van der Waals surface area (Å²) < 4.78 is 9.63. The Hall–Kier alpha value is -3.65. The summed E-state index contributed by atoms with van der Waals surface area (Å²) in [6.07, 6.45) is 3.89. The van der Waals surface area contributed by atoms with Crippen LogP contribution in [-0.2, 0) is 9.53 Å². The molecule has 10 heteroatoms. The first-order valence-electron chi connectivity index (χ1n) is 13.1. The maximum Gasteiger partial charge on any atom is 0.338 e. The van der Waals surface area contributed by atoms with Gasteiger partial charge in [0.2, 0.25) is 0 Å². The highest BCUT2D eigenvalue weighted by molar-refractivity contribution is 7.98. The van der Waals surface area contributed by atoms with Gasteiger partial charge in [-0.1, -0.05) is 23.5 Å². The fraction of sp³-hybridized carbons (Fsp3) is 0.290. The zero-order valence-corrected chi connectivity index (χ0v) is 26.4. The summed E-state index contributed by atoms with van der Waals surface area (Å²) in [5.41, 5.74) is 6.00. The number of fused-ring (bicyclic) bond motifs is 1. The lowest BCUT2D eigenvalue weighted by Gasteiger charge is -2.24. The van der Waals surface area contributed by atoms with Crippen LogP contribution in [0.1, 0.15) is 58.4 Å². The monoisotopic (exact) mass is 602 g/mol. The number of hydrogen-bond acceptors (Lipinski definition) is 8. The van der Waals surface area contributed by atoms with E-state index in [1.54, 1.807) is 41.5 Å². The highest BCUT2D eigenvalue weighted by atomic mass is 32.2. The molecule has 0 radical (unpaired) electrons. The van der Waals surface area contributed by atoms with Crippen LogP contribution in [0.4, 0.5) is 0 Å². The van der Waals surface area contributed by atoms with E-state index in [2.05, 4.69) is 15.6 Å². The number of benzene rings is 1. The van der Waals surface area contributed by atoms with Crippen molar-refractivity contribution in [1.82, 2.24) is 9.13 Å². The SMILES string of the molecule is CCOC(=O)C1=C(C)N=c2s/c(=C/c3cc(C)n(-c4sc(C)c(C)c4C#N)c3C)c(=O)n2[C@H]1c1ccc(SC)cc1. The van der Waals surface area contributed by atoms with Gasteiger partial charge in [0.05, 0.1) is 34.0 Å². The molecule has 0 unspecified atom stereocenters. The third-order valence-corrected chi connectivity index (χ3v) is 10.3. The molecule has 1 aliphatic rings. The van der Waals surface area contributed by atoms with Gasteiger partial charge in [0.1, 0.15) is 11.1 Å². The number of thiazole rings is 1. The number of esters is 1. The third-order valence-electron chi connectivity index (χ3n) is 7.39. The predicted molar refractivity (Wildman–Crippen MR) is 166 cm³/mol. The molecule has 0 amide bonds. The van der Waals surface area contributed by atoms with Gasteiger partial charge in [-0.25, -0.2) is 9.79 Å². The molecule has 4 heterocycles. The number of nitriles is 1. The van der Waals surface area contributed by atoms with Crippen LogP contribution in [0.3, 0.4) is 0 Å². The molecular formula is C31H30N4O3S3. The van der Waals surface area contributed by atoms with Crippen molar-refractivity contribution < 1.29 is 9.53 Å². The average Bonchev–Trinajstić information content (AvgIpc) is 3.52. The van der Waals surface area contributed by atoms with Gasteiger partial charge in [0, 0.05) is 21.2 Å². The molecule has 0 fully saturated rings. The number of ether oxygens (including phenoxy) is 1. The number of hydrogen-bond donors (Lipinski definition) is 0. The number of aryl methyl sites for hydroxylation is 2.